The number of unbranched alkanes of at least 4 members (excludes halogenated alkanes) is 23. The summed E-state index contributed by atoms with van der Waals surface area (Å²) in [6.07, 6.45) is 33.3. The van der Waals surface area contributed by atoms with Gasteiger partial charge in [-0.1, -0.05) is 162 Å². The van der Waals surface area contributed by atoms with Crippen LogP contribution in [0.25, 0.3) is 0 Å². The van der Waals surface area contributed by atoms with Gasteiger partial charge in [-0.15, -0.1) is 0 Å². The summed E-state index contributed by atoms with van der Waals surface area (Å²) in [5, 5.41) is 0. The highest BCUT2D eigenvalue weighted by Gasteiger charge is 2.11. The monoisotopic (exact) mass is 574 g/mol. The second-order valence-corrected chi connectivity index (χ2v) is 12.0. The van der Waals surface area contributed by atoms with Crippen LogP contribution in [0.5, 0.6) is 11.5 Å². The molecule has 0 atom stereocenters. The second-order valence-electron chi connectivity index (χ2n) is 12.0. The zero-order chi connectivity index (χ0) is 29.6. The van der Waals surface area contributed by atoms with Gasteiger partial charge in [0, 0.05) is 6.07 Å². The standard InChI is InChI=1S/C37H66O4/c1-4-6-8-10-12-14-15-16-17-18-19-20-22-24-26-28-30-41-36-32-34(37(38)39-3)31-35(33-36)40-29-27-25-23-21-13-11-9-7-5-2/h31-33H,4-30H2,1-3H3. The molecule has 1 rings (SSSR count). The van der Waals surface area contributed by atoms with Gasteiger partial charge in [0.25, 0.3) is 0 Å². The lowest BCUT2D eigenvalue weighted by molar-refractivity contribution is 0.0599. The lowest BCUT2D eigenvalue weighted by atomic mass is 10.0. The van der Waals surface area contributed by atoms with Crippen molar-refractivity contribution in [3.05, 3.63) is 23.8 Å². The topological polar surface area (TPSA) is 44.8 Å². The Balaban J connectivity index is 2.12. The summed E-state index contributed by atoms with van der Waals surface area (Å²) in [7, 11) is 1.41. The van der Waals surface area contributed by atoms with E-state index in [-0.39, 0.29) is 5.97 Å². The van der Waals surface area contributed by atoms with Crippen molar-refractivity contribution in [3.63, 3.8) is 0 Å². The van der Waals surface area contributed by atoms with Gasteiger partial charge >= 0.3 is 5.97 Å². The van der Waals surface area contributed by atoms with Crippen LogP contribution in [0.1, 0.15) is 185 Å². The van der Waals surface area contributed by atoms with Crippen LogP contribution in [-0.2, 0) is 4.74 Å². The number of hydrogen-bond donors (Lipinski definition) is 0. The van der Waals surface area contributed by atoms with E-state index in [1.165, 1.54) is 155 Å². The third-order valence-electron chi connectivity index (χ3n) is 8.08. The molecule has 0 aliphatic carbocycles. The minimum absolute atomic E-state index is 0.356. The van der Waals surface area contributed by atoms with E-state index in [9.17, 15) is 4.79 Å². The molecule has 0 unspecified atom stereocenters. The molecule has 0 bridgehead atoms. The van der Waals surface area contributed by atoms with Gasteiger partial charge in [-0.3, -0.25) is 0 Å². The lowest BCUT2D eigenvalue weighted by Gasteiger charge is -2.12. The van der Waals surface area contributed by atoms with Crippen LogP contribution < -0.4 is 9.47 Å². The fraction of sp³-hybridized carbons (Fsp3) is 0.811. The first-order valence-corrected chi connectivity index (χ1v) is 17.7. The number of esters is 1. The largest absolute Gasteiger partial charge is 0.493 e. The van der Waals surface area contributed by atoms with Crippen molar-refractivity contribution in [2.45, 2.75) is 174 Å². The Morgan fingerprint density at radius 2 is 0.756 bits per heavy atom. The van der Waals surface area contributed by atoms with Crippen LogP contribution in [0, 0.1) is 0 Å². The van der Waals surface area contributed by atoms with Crippen molar-refractivity contribution >= 4 is 5.97 Å². The van der Waals surface area contributed by atoms with E-state index in [4.69, 9.17) is 14.2 Å². The second kappa shape index (κ2) is 28.4. The van der Waals surface area contributed by atoms with Gasteiger partial charge < -0.3 is 14.2 Å². The van der Waals surface area contributed by atoms with Crippen LogP contribution in [0.2, 0.25) is 0 Å². The number of methoxy groups -OCH3 is 1. The molecule has 1 aromatic rings. The Bertz CT molecular complexity index is 717. The van der Waals surface area contributed by atoms with Gasteiger partial charge in [0.2, 0.25) is 0 Å². The minimum atomic E-state index is -0.356. The highest BCUT2D eigenvalue weighted by molar-refractivity contribution is 5.90. The number of ether oxygens (including phenoxy) is 3. The molecule has 4 nitrogen and oxygen atoms in total. The molecule has 238 valence electrons. The van der Waals surface area contributed by atoms with E-state index >= 15 is 0 Å². The van der Waals surface area contributed by atoms with Crippen molar-refractivity contribution in [1.29, 1.82) is 0 Å². The first kappa shape index (κ1) is 37.3. The van der Waals surface area contributed by atoms with Crippen molar-refractivity contribution in [2.24, 2.45) is 0 Å². The predicted molar refractivity (Wildman–Crippen MR) is 176 cm³/mol. The third-order valence-corrected chi connectivity index (χ3v) is 8.08. The molecule has 0 heterocycles. The average Bonchev–Trinajstić information content (AvgIpc) is 2.99. The maximum absolute atomic E-state index is 12.2. The molecular formula is C37H66O4. The van der Waals surface area contributed by atoms with Gasteiger partial charge in [-0.2, -0.15) is 0 Å². The Hall–Kier alpha value is -1.71. The van der Waals surface area contributed by atoms with Gasteiger partial charge in [0.1, 0.15) is 11.5 Å². The summed E-state index contributed by atoms with van der Waals surface area (Å²) in [5.74, 6) is 1.02. The number of carbonyl (C=O) groups is 1. The van der Waals surface area contributed by atoms with Crippen molar-refractivity contribution < 1.29 is 19.0 Å². The van der Waals surface area contributed by atoms with Crippen LogP contribution in [0.15, 0.2) is 18.2 Å². The molecule has 0 spiro atoms. The fourth-order valence-electron chi connectivity index (χ4n) is 5.42. The first-order valence-electron chi connectivity index (χ1n) is 17.7. The smallest absolute Gasteiger partial charge is 0.338 e. The Morgan fingerprint density at radius 3 is 1.05 bits per heavy atom. The Morgan fingerprint density at radius 1 is 0.463 bits per heavy atom. The Kier molecular flexibility index (Phi) is 25.9. The van der Waals surface area contributed by atoms with Crippen LogP contribution >= 0.6 is 0 Å². The number of carbonyl (C=O) groups excluding carboxylic acids is 1. The van der Waals surface area contributed by atoms with E-state index in [0.717, 1.165) is 12.8 Å². The summed E-state index contributed by atoms with van der Waals surface area (Å²) in [4.78, 5) is 12.2. The molecule has 0 aliphatic heterocycles. The predicted octanol–water partition coefficient (Wildman–Crippen LogP) is 12.0. The normalized spacial score (nSPS) is 11.1. The highest BCUT2D eigenvalue weighted by Crippen LogP contribution is 2.25. The molecular weight excluding hydrogens is 508 g/mol. The van der Waals surface area contributed by atoms with Crippen LogP contribution in [0.3, 0.4) is 0 Å². The van der Waals surface area contributed by atoms with Gasteiger partial charge in [-0.05, 0) is 25.0 Å². The van der Waals surface area contributed by atoms with E-state index in [1.807, 2.05) is 6.07 Å². The molecule has 0 aliphatic rings. The fourth-order valence-corrected chi connectivity index (χ4v) is 5.42. The molecule has 0 radical (unpaired) electrons. The summed E-state index contributed by atoms with van der Waals surface area (Å²) in [6.45, 7) is 5.88. The van der Waals surface area contributed by atoms with Gasteiger partial charge in [-0.25, -0.2) is 4.79 Å². The van der Waals surface area contributed by atoms with E-state index in [2.05, 4.69) is 13.8 Å². The molecule has 0 N–H and O–H groups in total. The number of benzene rings is 1. The van der Waals surface area contributed by atoms with E-state index in [0.29, 0.717) is 30.3 Å². The van der Waals surface area contributed by atoms with Gasteiger partial charge in [0.15, 0.2) is 0 Å². The van der Waals surface area contributed by atoms with E-state index in [1.54, 1.807) is 12.1 Å². The molecule has 0 saturated carbocycles. The molecule has 4 heteroatoms. The van der Waals surface area contributed by atoms with Crippen LogP contribution in [-0.4, -0.2) is 26.3 Å². The maximum atomic E-state index is 12.2. The summed E-state index contributed by atoms with van der Waals surface area (Å²) < 4.78 is 16.9. The highest BCUT2D eigenvalue weighted by atomic mass is 16.5. The zero-order valence-corrected chi connectivity index (χ0v) is 27.5. The average molecular weight is 575 g/mol. The first-order chi connectivity index (χ1) is 20.2. The van der Waals surface area contributed by atoms with Crippen LogP contribution in [0.4, 0.5) is 0 Å². The molecule has 41 heavy (non-hydrogen) atoms. The van der Waals surface area contributed by atoms with Crippen molar-refractivity contribution in [3.8, 4) is 11.5 Å². The molecule has 0 aromatic heterocycles. The van der Waals surface area contributed by atoms with Crippen molar-refractivity contribution in [2.75, 3.05) is 20.3 Å². The SMILES string of the molecule is CCCCCCCCCCCCCCCCCCOc1cc(OCCCCCCCCCCC)cc(C(=O)OC)c1. The Labute approximate surface area is 254 Å². The van der Waals surface area contributed by atoms with Gasteiger partial charge in [0.05, 0.1) is 25.9 Å². The zero-order valence-electron chi connectivity index (χ0n) is 27.5. The summed E-state index contributed by atoms with van der Waals surface area (Å²) in [6, 6.07) is 5.44. The summed E-state index contributed by atoms with van der Waals surface area (Å²) >= 11 is 0. The quantitative estimate of drug-likeness (QED) is 0.0677. The molecule has 0 fully saturated rings. The molecule has 1 aromatic carbocycles. The molecule has 0 saturated heterocycles. The number of hydrogen-bond acceptors (Lipinski definition) is 4. The van der Waals surface area contributed by atoms with E-state index < -0.39 is 0 Å². The number of rotatable bonds is 30. The lowest BCUT2D eigenvalue weighted by Crippen LogP contribution is -2.05. The van der Waals surface area contributed by atoms with Crippen molar-refractivity contribution in [1.82, 2.24) is 0 Å². The molecule has 0 amide bonds. The maximum Gasteiger partial charge on any atom is 0.338 e. The third kappa shape index (κ3) is 22.5. The minimum Gasteiger partial charge on any atom is -0.493 e. The summed E-state index contributed by atoms with van der Waals surface area (Å²) in [5.41, 5.74) is 0.485.